The molecule has 1 aromatic rings. The number of nitrogens with one attached hydrogen (secondary N) is 2. The van der Waals surface area contributed by atoms with Crippen molar-refractivity contribution >= 4 is 17.3 Å². The maximum atomic E-state index is 11.2. The average Bonchev–Trinajstić information content (AvgIpc) is 2.42. The van der Waals surface area contributed by atoms with Gasteiger partial charge >= 0.3 is 0 Å². The van der Waals surface area contributed by atoms with Gasteiger partial charge in [0, 0.05) is 30.9 Å². The zero-order valence-corrected chi connectivity index (χ0v) is 13.4. The summed E-state index contributed by atoms with van der Waals surface area (Å²) in [5.74, 6) is 0.497. The molecule has 1 saturated heterocycles. The molecular weight excluding hydrogens is 264 g/mol. The number of amides is 1. The quantitative estimate of drug-likeness (QED) is 0.891. The Hall–Kier alpha value is -1.55. The van der Waals surface area contributed by atoms with Crippen molar-refractivity contribution < 1.29 is 9.53 Å². The van der Waals surface area contributed by atoms with Crippen LogP contribution in [0.15, 0.2) is 18.2 Å². The van der Waals surface area contributed by atoms with Crippen LogP contribution in [0, 0.1) is 12.8 Å². The van der Waals surface area contributed by atoms with Crippen LogP contribution in [0.2, 0.25) is 0 Å². The number of aryl methyl sites for hydroxylation is 1. The Balaban J connectivity index is 2.06. The van der Waals surface area contributed by atoms with Gasteiger partial charge in [-0.3, -0.25) is 4.79 Å². The third-order valence-corrected chi connectivity index (χ3v) is 3.98. The zero-order chi connectivity index (χ0) is 15.4. The highest BCUT2D eigenvalue weighted by atomic mass is 16.5. The van der Waals surface area contributed by atoms with Gasteiger partial charge in [-0.2, -0.15) is 0 Å². The van der Waals surface area contributed by atoms with E-state index in [0.29, 0.717) is 18.1 Å². The van der Waals surface area contributed by atoms with E-state index in [-0.39, 0.29) is 5.91 Å². The largest absolute Gasteiger partial charge is 0.382 e. The van der Waals surface area contributed by atoms with Crippen molar-refractivity contribution in [3.8, 4) is 0 Å². The average molecular weight is 290 g/mol. The molecule has 116 valence electrons. The molecule has 4 heteroatoms. The molecule has 1 fully saturated rings. The van der Waals surface area contributed by atoms with Gasteiger partial charge < -0.3 is 15.4 Å². The van der Waals surface area contributed by atoms with Crippen molar-refractivity contribution in [1.29, 1.82) is 0 Å². The lowest BCUT2D eigenvalue weighted by atomic mass is 9.95. The molecule has 1 heterocycles. The molecule has 0 radical (unpaired) electrons. The maximum Gasteiger partial charge on any atom is 0.221 e. The van der Waals surface area contributed by atoms with Gasteiger partial charge in [-0.1, -0.05) is 19.9 Å². The van der Waals surface area contributed by atoms with Crippen LogP contribution in [-0.4, -0.2) is 24.7 Å². The number of carbonyl (C=O) groups excluding carboxylic acids is 1. The normalized spacial score (nSPS) is 22.1. The van der Waals surface area contributed by atoms with Gasteiger partial charge in [0.15, 0.2) is 0 Å². The standard InChI is InChI=1S/C17H26N2O2/c1-11(2)17-10-15(7-8-21-17)19-16-9-14(18-13(4)20)6-5-12(16)3/h5-6,9,11,15,17,19H,7-8,10H2,1-4H3,(H,18,20). The molecule has 21 heavy (non-hydrogen) atoms. The Morgan fingerprint density at radius 3 is 2.81 bits per heavy atom. The summed E-state index contributed by atoms with van der Waals surface area (Å²) >= 11 is 0. The van der Waals surface area contributed by atoms with E-state index < -0.39 is 0 Å². The van der Waals surface area contributed by atoms with Crippen molar-refractivity contribution in [3.05, 3.63) is 23.8 Å². The number of ether oxygens (including phenoxy) is 1. The minimum Gasteiger partial charge on any atom is -0.382 e. The number of hydrogen-bond donors (Lipinski definition) is 2. The Kier molecular flexibility index (Phi) is 5.23. The second kappa shape index (κ2) is 6.94. The van der Waals surface area contributed by atoms with Gasteiger partial charge in [0.2, 0.25) is 5.91 Å². The Morgan fingerprint density at radius 2 is 2.14 bits per heavy atom. The summed E-state index contributed by atoms with van der Waals surface area (Å²) in [5, 5.41) is 6.45. The summed E-state index contributed by atoms with van der Waals surface area (Å²) in [6.45, 7) is 8.83. The van der Waals surface area contributed by atoms with E-state index in [9.17, 15) is 4.79 Å². The third-order valence-electron chi connectivity index (χ3n) is 3.98. The fraction of sp³-hybridized carbons (Fsp3) is 0.588. The lowest BCUT2D eigenvalue weighted by Crippen LogP contribution is -2.36. The Bertz CT molecular complexity index is 500. The summed E-state index contributed by atoms with van der Waals surface area (Å²) < 4.78 is 5.82. The second-order valence-electron chi connectivity index (χ2n) is 6.23. The predicted molar refractivity (Wildman–Crippen MR) is 86.7 cm³/mol. The molecule has 2 atom stereocenters. The molecule has 1 aliphatic rings. The van der Waals surface area contributed by atoms with E-state index in [1.165, 1.54) is 12.5 Å². The SMILES string of the molecule is CC(=O)Nc1ccc(C)c(NC2CCOC(C(C)C)C2)c1. The maximum absolute atomic E-state index is 11.2. The summed E-state index contributed by atoms with van der Waals surface area (Å²) in [6, 6.07) is 6.41. The van der Waals surface area contributed by atoms with Crippen LogP contribution in [-0.2, 0) is 9.53 Å². The lowest BCUT2D eigenvalue weighted by Gasteiger charge is -2.33. The Morgan fingerprint density at radius 1 is 1.38 bits per heavy atom. The summed E-state index contributed by atoms with van der Waals surface area (Å²) in [7, 11) is 0. The molecule has 0 saturated carbocycles. The minimum atomic E-state index is -0.0456. The molecule has 0 aliphatic carbocycles. The van der Waals surface area contributed by atoms with Crippen LogP contribution < -0.4 is 10.6 Å². The minimum absolute atomic E-state index is 0.0456. The first-order valence-corrected chi connectivity index (χ1v) is 7.72. The molecule has 2 unspecified atom stereocenters. The molecule has 2 rings (SSSR count). The summed E-state index contributed by atoms with van der Waals surface area (Å²) in [5.41, 5.74) is 3.12. The van der Waals surface area contributed by atoms with Gasteiger partial charge in [0.05, 0.1) is 6.10 Å². The lowest BCUT2D eigenvalue weighted by molar-refractivity contribution is -0.114. The van der Waals surface area contributed by atoms with Gasteiger partial charge in [0.25, 0.3) is 0 Å². The highest BCUT2D eigenvalue weighted by Crippen LogP contribution is 2.26. The van der Waals surface area contributed by atoms with Crippen LogP contribution in [0.3, 0.4) is 0 Å². The molecule has 4 nitrogen and oxygen atoms in total. The van der Waals surface area contributed by atoms with E-state index in [1.54, 1.807) is 0 Å². The first kappa shape index (κ1) is 15.8. The van der Waals surface area contributed by atoms with Gasteiger partial charge in [-0.25, -0.2) is 0 Å². The first-order valence-electron chi connectivity index (χ1n) is 7.72. The number of rotatable bonds is 4. The van der Waals surface area contributed by atoms with Gasteiger partial charge in [-0.15, -0.1) is 0 Å². The van der Waals surface area contributed by atoms with Gasteiger partial charge in [0.1, 0.15) is 0 Å². The van der Waals surface area contributed by atoms with Crippen LogP contribution in [0.4, 0.5) is 11.4 Å². The van der Waals surface area contributed by atoms with E-state index in [0.717, 1.165) is 30.8 Å². The third kappa shape index (κ3) is 4.46. The fourth-order valence-corrected chi connectivity index (χ4v) is 2.70. The molecule has 1 aliphatic heterocycles. The van der Waals surface area contributed by atoms with Crippen LogP contribution in [0.5, 0.6) is 0 Å². The van der Waals surface area contributed by atoms with E-state index in [1.807, 2.05) is 18.2 Å². The predicted octanol–water partition coefficient (Wildman–Crippen LogP) is 3.57. The molecule has 1 amide bonds. The zero-order valence-electron chi connectivity index (χ0n) is 13.4. The van der Waals surface area contributed by atoms with Crippen LogP contribution >= 0.6 is 0 Å². The smallest absolute Gasteiger partial charge is 0.221 e. The number of anilines is 2. The van der Waals surface area contributed by atoms with Crippen LogP contribution in [0.25, 0.3) is 0 Å². The fourth-order valence-electron chi connectivity index (χ4n) is 2.70. The molecular formula is C17H26N2O2. The van der Waals surface area contributed by atoms with E-state index in [4.69, 9.17) is 4.74 Å². The number of benzene rings is 1. The topological polar surface area (TPSA) is 50.4 Å². The van der Waals surface area contributed by atoms with Crippen molar-refractivity contribution in [2.75, 3.05) is 17.2 Å². The summed E-state index contributed by atoms with van der Waals surface area (Å²) in [4.78, 5) is 11.2. The number of carbonyl (C=O) groups is 1. The van der Waals surface area contributed by atoms with Crippen molar-refractivity contribution in [1.82, 2.24) is 0 Å². The summed E-state index contributed by atoms with van der Waals surface area (Å²) in [6.07, 6.45) is 2.38. The molecule has 2 N–H and O–H groups in total. The first-order chi connectivity index (χ1) is 9.95. The molecule has 0 bridgehead atoms. The van der Waals surface area contributed by atoms with Crippen molar-refractivity contribution in [2.45, 2.75) is 52.7 Å². The second-order valence-corrected chi connectivity index (χ2v) is 6.23. The molecule has 0 aromatic heterocycles. The number of hydrogen-bond acceptors (Lipinski definition) is 3. The van der Waals surface area contributed by atoms with Crippen molar-refractivity contribution in [3.63, 3.8) is 0 Å². The van der Waals surface area contributed by atoms with Gasteiger partial charge in [-0.05, 0) is 43.4 Å². The highest BCUT2D eigenvalue weighted by molar-refractivity contribution is 5.89. The van der Waals surface area contributed by atoms with E-state index in [2.05, 4.69) is 31.4 Å². The monoisotopic (exact) mass is 290 g/mol. The highest BCUT2D eigenvalue weighted by Gasteiger charge is 2.25. The molecule has 0 spiro atoms. The molecule has 1 aromatic carbocycles. The van der Waals surface area contributed by atoms with Crippen molar-refractivity contribution in [2.24, 2.45) is 5.92 Å². The van der Waals surface area contributed by atoms with E-state index >= 15 is 0 Å². The Labute approximate surface area is 127 Å². The van der Waals surface area contributed by atoms with Crippen LogP contribution in [0.1, 0.15) is 39.2 Å².